The van der Waals surface area contributed by atoms with Crippen molar-refractivity contribution < 1.29 is 19.3 Å². The summed E-state index contributed by atoms with van der Waals surface area (Å²) in [6.07, 6.45) is 2.54. The molecule has 0 saturated heterocycles. The predicted octanol–water partition coefficient (Wildman–Crippen LogP) is 3.82. The van der Waals surface area contributed by atoms with Crippen LogP contribution in [0, 0.1) is 0 Å². The number of methoxy groups -OCH3 is 1. The van der Waals surface area contributed by atoms with E-state index < -0.39 is 6.10 Å². The summed E-state index contributed by atoms with van der Waals surface area (Å²) >= 11 is 3.51. The maximum Gasteiger partial charge on any atom is 0.231 e. The van der Waals surface area contributed by atoms with Gasteiger partial charge in [0, 0.05) is 27.8 Å². The molecule has 0 amide bonds. The van der Waals surface area contributed by atoms with Gasteiger partial charge >= 0.3 is 0 Å². The van der Waals surface area contributed by atoms with E-state index in [1.54, 1.807) is 19.5 Å². The van der Waals surface area contributed by atoms with Crippen LogP contribution in [-0.4, -0.2) is 24.0 Å². The van der Waals surface area contributed by atoms with Crippen LogP contribution in [0.4, 0.5) is 0 Å². The molecular weight excluding hydrogens is 374 g/mol. The molecule has 0 spiro atoms. The van der Waals surface area contributed by atoms with Gasteiger partial charge < -0.3 is 19.3 Å². The van der Waals surface area contributed by atoms with E-state index in [9.17, 15) is 5.11 Å². The lowest BCUT2D eigenvalue weighted by atomic mass is 9.95. The van der Waals surface area contributed by atoms with E-state index in [2.05, 4.69) is 20.9 Å². The zero-order chi connectivity index (χ0) is 16.7. The molecule has 0 bridgehead atoms. The second-order valence-electron chi connectivity index (χ2n) is 5.38. The minimum absolute atomic E-state index is 0.152. The number of hydrogen-bond donors (Lipinski definition) is 1. The quantitative estimate of drug-likeness (QED) is 0.740. The molecular formula is C18H14BrNO4. The average molecular weight is 388 g/mol. The molecule has 1 unspecified atom stereocenters. The molecule has 1 aromatic heterocycles. The number of hydrogen-bond acceptors (Lipinski definition) is 5. The van der Waals surface area contributed by atoms with Gasteiger partial charge in [-0.15, -0.1) is 0 Å². The third kappa shape index (κ3) is 2.30. The van der Waals surface area contributed by atoms with Crippen molar-refractivity contribution in [2.24, 2.45) is 0 Å². The van der Waals surface area contributed by atoms with Gasteiger partial charge in [-0.05, 0) is 35.2 Å². The van der Waals surface area contributed by atoms with Crippen LogP contribution in [0.1, 0.15) is 17.2 Å². The highest BCUT2D eigenvalue weighted by molar-refractivity contribution is 9.10. The molecule has 0 radical (unpaired) electrons. The van der Waals surface area contributed by atoms with Crippen molar-refractivity contribution in [3.05, 3.63) is 58.3 Å². The lowest BCUT2D eigenvalue weighted by molar-refractivity contribution is 0.167. The second kappa shape index (κ2) is 5.96. The Morgan fingerprint density at radius 1 is 1.17 bits per heavy atom. The maximum atomic E-state index is 11.1. The molecule has 0 fully saturated rings. The van der Waals surface area contributed by atoms with Crippen molar-refractivity contribution in [3.8, 4) is 17.2 Å². The molecule has 0 saturated carbocycles. The van der Waals surface area contributed by atoms with Crippen LogP contribution >= 0.6 is 15.9 Å². The highest BCUT2D eigenvalue weighted by atomic mass is 79.9. The molecule has 3 aromatic rings. The Morgan fingerprint density at radius 2 is 2.04 bits per heavy atom. The Bertz CT molecular complexity index is 928. The summed E-state index contributed by atoms with van der Waals surface area (Å²) in [6.45, 7) is 0.152. The van der Waals surface area contributed by atoms with Crippen LogP contribution in [0.15, 0.2) is 47.2 Å². The van der Waals surface area contributed by atoms with Crippen molar-refractivity contribution in [1.82, 2.24) is 4.98 Å². The minimum atomic E-state index is -0.883. The van der Waals surface area contributed by atoms with Crippen molar-refractivity contribution in [1.29, 1.82) is 0 Å². The van der Waals surface area contributed by atoms with Crippen LogP contribution < -0.4 is 14.2 Å². The van der Waals surface area contributed by atoms with Crippen molar-refractivity contribution in [3.63, 3.8) is 0 Å². The first-order valence-corrected chi connectivity index (χ1v) is 8.16. The Hall–Kier alpha value is -2.31. The zero-order valence-electron chi connectivity index (χ0n) is 12.8. The number of aliphatic hydroxyl groups excluding tert-OH is 1. The van der Waals surface area contributed by atoms with Crippen LogP contribution in [0.2, 0.25) is 0 Å². The highest BCUT2D eigenvalue weighted by Crippen LogP contribution is 2.45. The van der Waals surface area contributed by atoms with Gasteiger partial charge in [-0.25, -0.2) is 0 Å². The third-order valence-electron chi connectivity index (χ3n) is 4.12. The van der Waals surface area contributed by atoms with Crippen molar-refractivity contribution in [2.45, 2.75) is 6.10 Å². The zero-order valence-corrected chi connectivity index (χ0v) is 14.4. The summed E-state index contributed by atoms with van der Waals surface area (Å²) in [6, 6.07) is 9.22. The first-order valence-electron chi connectivity index (χ1n) is 7.37. The summed E-state index contributed by atoms with van der Waals surface area (Å²) in [5.74, 6) is 1.91. The van der Waals surface area contributed by atoms with E-state index >= 15 is 0 Å². The molecule has 5 nitrogen and oxygen atoms in total. The number of pyridine rings is 1. The van der Waals surface area contributed by atoms with E-state index in [0.717, 1.165) is 20.8 Å². The fourth-order valence-corrected chi connectivity index (χ4v) is 3.51. The SMILES string of the molecule is COc1ccc(C(O)c2c(Br)ccc3c2OCO3)c2ccncc12. The molecule has 2 aromatic carbocycles. The number of aromatic nitrogens is 1. The normalized spacial score (nSPS) is 14.0. The first kappa shape index (κ1) is 15.2. The molecule has 24 heavy (non-hydrogen) atoms. The molecule has 1 aliphatic heterocycles. The van der Waals surface area contributed by atoms with E-state index in [1.165, 1.54) is 0 Å². The number of aliphatic hydroxyl groups is 1. The largest absolute Gasteiger partial charge is 0.496 e. The standard InChI is InChI=1S/C18H14BrNO4/c1-22-14-4-2-11(10-6-7-20-8-12(10)14)17(21)16-13(19)3-5-15-18(16)24-9-23-15/h2-8,17,21H,9H2,1H3. The van der Waals surface area contributed by atoms with Crippen LogP contribution in [0.5, 0.6) is 17.2 Å². The average Bonchev–Trinajstić information content (AvgIpc) is 3.08. The van der Waals surface area contributed by atoms with Gasteiger partial charge in [0.2, 0.25) is 6.79 Å². The Labute approximate surface area is 146 Å². The Kier molecular flexibility index (Phi) is 3.78. The van der Waals surface area contributed by atoms with Crippen molar-refractivity contribution in [2.75, 3.05) is 13.9 Å². The molecule has 1 aliphatic rings. The molecule has 6 heteroatoms. The fraction of sp³-hybridized carbons (Fsp3) is 0.167. The lowest BCUT2D eigenvalue weighted by Crippen LogP contribution is -2.04. The topological polar surface area (TPSA) is 60.8 Å². The van der Waals surface area contributed by atoms with Crippen LogP contribution in [-0.2, 0) is 0 Å². The summed E-state index contributed by atoms with van der Waals surface area (Å²) in [4.78, 5) is 4.15. The molecule has 1 atom stereocenters. The number of halogens is 1. The molecule has 122 valence electrons. The summed E-state index contributed by atoms with van der Waals surface area (Å²) < 4.78 is 17.1. The van der Waals surface area contributed by atoms with Crippen molar-refractivity contribution >= 4 is 26.7 Å². The maximum absolute atomic E-state index is 11.1. The second-order valence-corrected chi connectivity index (χ2v) is 6.23. The number of benzene rings is 2. The minimum Gasteiger partial charge on any atom is -0.496 e. The first-order chi connectivity index (χ1) is 11.7. The number of ether oxygens (including phenoxy) is 3. The number of rotatable bonds is 3. The van der Waals surface area contributed by atoms with Crippen LogP contribution in [0.3, 0.4) is 0 Å². The third-order valence-corrected chi connectivity index (χ3v) is 4.82. The van der Waals surface area contributed by atoms with Gasteiger partial charge in [-0.3, -0.25) is 4.98 Å². The summed E-state index contributed by atoms with van der Waals surface area (Å²) in [7, 11) is 1.61. The van der Waals surface area contributed by atoms with E-state index in [0.29, 0.717) is 22.8 Å². The highest BCUT2D eigenvalue weighted by Gasteiger charge is 2.27. The molecule has 2 heterocycles. The Balaban J connectivity index is 1.92. The van der Waals surface area contributed by atoms with Gasteiger partial charge in [0.25, 0.3) is 0 Å². The van der Waals surface area contributed by atoms with Gasteiger partial charge in [0.1, 0.15) is 11.9 Å². The molecule has 4 rings (SSSR count). The fourth-order valence-electron chi connectivity index (χ4n) is 2.98. The van der Waals surface area contributed by atoms with Gasteiger partial charge in [0.05, 0.1) is 7.11 Å². The summed E-state index contributed by atoms with van der Waals surface area (Å²) in [5.41, 5.74) is 1.39. The van der Waals surface area contributed by atoms with Gasteiger partial charge in [0.15, 0.2) is 11.5 Å². The van der Waals surface area contributed by atoms with Gasteiger partial charge in [-0.2, -0.15) is 0 Å². The predicted molar refractivity (Wildman–Crippen MR) is 92.6 cm³/mol. The number of nitrogens with zero attached hydrogens (tertiary/aromatic N) is 1. The van der Waals surface area contributed by atoms with E-state index in [1.807, 2.05) is 30.3 Å². The Morgan fingerprint density at radius 3 is 2.88 bits per heavy atom. The number of fused-ring (bicyclic) bond motifs is 2. The lowest BCUT2D eigenvalue weighted by Gasteiger charge is -2.18. The summed E-state index contributed by atoms with van der Waals surface area (Å²) in [5, 5.41) is 12.8. The van der Waals surface area contributed by atoms with E-state index in [-0.39, 0.29) is 6.79 Å². The monoisotopic (exact) mass is 387 g/mol. The molecule has 0 aliphatic carbocycles. The molecule has 1 N–H and O–H groups in total. The van der Waals surface area contributed by atoms with Crippen LogP contribution in [0.25, 0.3) is 10.8 Å². The van der Waals surface area contributed by atoms with Gasteiger partial charge in [-0.1, -0.05) is 22.0 Å². The smallest absolute Gasteiger partial charge is 0.231 e. The van der Waals surface area contributed by atoms with E-state index in [4.69, 9.17) is 14.2 Å².